The van der Waals surface area contributed by atoms with Crippen molar-refractivity contribution in [2.75, 3.05) is 29.6 Å². The molecule has 1 N–H and O–H groups in total. The lowest BCUT2D eigenvalue weighted by Gasteiger charge is -2.22. The zero-order chi connectivity index (χ0) is 17.9. The topological polar surface area (TPSA) is 92.3 Å². The molecule has 1 aromatic heterocycles. The van der Waals surface area contributed by atoms with E-state index < -0.39 is 9.84 Å². The minimum Gasteiger partial charge on any atom is -0.341 e. The fourth-order valence-corrected chi connectivity index (χ4v) is 5.94. The lowest BCUT2D eigenvalue weighted by molar-refractivity contribution is -0.128. The first-order valence-corrected chi connectivity index (χ1v) is 11.3. The van der Waals surface area contributed by atoms with Crippen molar-refractivity contribution in [1.82, 2.24) is 15.1 Å². The van der Waals surface area contributed by atoms with E-state index in [1.165, 1.54) is 23.1 Å². The molecule has 1 fully saturated rings. The van der Waals surface area contributed by atoms with E-state index in [1.54, 1.807) is 11.9 Å². The normalized spacial score (nSPS) is 18.8. The van der Waals surface area contributed by atoms with Crippen LogP contribution in [0, 0.1) is 0 Å². The number of benzene rings is 1. The molecular weight excluding hydrogens is 380 g/mol. The van der Waals surface area contributed by atoms with Gasteiger partial charge in [-0.1, -0.05) is 41.3 Å². The second-order valence-electron chi connectivity index (χ2n) is 5.71. The maximum atomic E-state index is 12.3. The van der Waals surface area contributed by atoms with Crippen molar-refractivity contribution in [1.29, 1.82) is 0 Å². The van der Waals surface area contributed by atoms with Crippen molar-refractivity contribution in [3.63, 3.8) is 0 Å². The Morgan fingerprint density at radius 1 is 1.36 bits per heavy atom. The number of aromatic nitrogens is 2. The third-order valence-corrected chi connectivity index (χ3v) is 7.61. The number of carbonyl (C=O) groups excluding carboxylic acids is 1. The van der Waals surface area contributed by atoms with Crippen LogP contribution in [0.3, 0.4) is 0 Å². The quantitative estimate of drug-likeness (QED) is 0.744. The molecule has 1 amide bonds. The Balaban J connectivity index is 1.51. The van der Waals surface area contributed by atoms with Gasteiger partial charge in [-0.2, -0.15) is 0 Å². The molecule has 1 aliphatic rings. The van der Waals surface area contributed by atoms with Crippen LogP contribution >= 0.6 is 23.1 Å². The second-order valence-corrected chi connectivity index (χ2v) is 10.1. The van der Waals surface area contributed by atoms with Crippen LogP contribution < -0.4 is 5.32 Å². The number of nitrogens with one attached hydrogen (secondary N) is 1. The summed E-state index contributed by atoms with van der Waals surface area (Å²) in [5.41, 5.74) is 0.924. The molecule has 10 heteroatoms. The highest BCUT2D eigenvalue weighted by Crippen LogP contribution is 2.28. The number of anilines is 2. The molecule has 2 aromatic rings. The molecule has 134 valence electrons. The molecule has 25 heavy (non-hydrogen) atoms. The molecule has 3 rings (SSSR count). The minimum absolute atomic E-state index is 0.0594. The van der Waals surface area contributed by atoms with Gasteiger partial charge in [-0.3, -0.25) is 4.79 Å². The molecule has 0 spiro atoms. The highest BCUT2D eigenvalue weighted by Gasteiger charge is 2.32. The molecule has 0 unspecified atom stereocenters. The lowest BCUT2D eigenvalue weighted by atomic mass is 10.2. The van der Waals surface area contributed by atoms with Crippen molar-refractivity contribution in [2.24, 2.45) is 0 Å². The molecule has 1 atom stereocenters. The SMILES string of the molecule is CN(C(=O)CSc1nnc(Nc2ccccc2)s1)[C@@H]1CCS(=O)(=O)C1. The van der Waals surface area contributed by atoms with E-state index in [0.717, 1.165) is 5.69 Å². The summed E-state index contributed by atoms with van der Waals surface area (Å²) in [6.45, 7) is 0. The summed E-state index contributed by atoms with van der Waals surface area (Å²) in [5.74, 6) is 0.337. The van der Waals surface area contributed by atoms with E-state index in [2.05, 4.69) is 15.5 Å². The van der Waals surface area contributed by atoms with Crippen LogP contribution in [0.2, 0.25) is 0 Å². The van der Waals surface area contributed by atoms with Crippen LogP contribution in [0.4, 0.5) is 10.8 Å². The average molecular weight is 399 g/mol. The number of hydrogen-bond acceptors (Lipinski definition) is 8. The van der Waals surface area contributed by atoms with Crippen LogP contribution in [0.25, 0.3) is 0 Å². The second kappa shape index (κ2) is 7.71. The Kier molecular flexibility index (Phi) is 5.60. The summed E-state index contributed by atoms with van der Waals surface area (Å²) in [4.78, 5) is 13.8. The predicted molar refractivity (Wildman–Crippen MR) is 100 cm³/mol. The van der Waals surface area contributed by atoms with E-state index >= 15 is 0 Å². The number of para-hydroxylation sites is 1. The van der Waals surface area contributed by atoms with Gasteiger partial charge >= 0.3 is 0 Å². The largest absolute Gasteiger partial charge is 0.341 e. The molecule has 1 saturated heterocycles. The number of amides is 1. The van der Waals surface area contributed by atoms with Crippen LogP contribution in [-0.2, 0) is 14.6 Å². The third kappa shape index (κ3) is 4.93. The zero-order valence-corrected chi connectivity index (χ0v) is 16.0. The fraction of sp³-hybridized carbons (Fsp3) is 0.400. The van der Waals surface area contributed by atoms with Crippen molar-refractivity contribution < 1.29 is 13.2 Å². The van der Waals surface area contributed by atoms with Gasteiger partial charge in [0, 0.05) is 18.8 Å². The van der Waals surface area contributed by atoms with Crippen molar-refractivity contribution in [2.45, 2.75) is 16.8 Å². The van der Waals surface area contributed by atoms with Crippen LogP contribution in [-0.4, -0.2) is 59.8 Å². The van der Waals surface area contributed by atoms with Gasteiger partial charge in [-0.25, -0.2) is 8.42 Å². The Morgan fingerprint density at radius 3 is 2.80 bits per heavy atom. The van der Waals surface area contributed by atoms with E-state index in [1.807, 2.05) is 30.3 Å². The summed E-state index contributed by atoms with van der Waals surface area (Å²) >= 11 is 2.69. The minimum atomic E-state index is -3.00. The molecule has 0 bridgehead atoms. The number of hydrogen-bond donors (Lipinski definition) is 1. The molecule has 1 aromatic carbocycles. The zero-order valence-electron chi connectivity index (χ0n) is 13.6. The highest BCUT2D eigenvalue weighted by molar-refractivity contribution is 8.01. The van der Waals surface area contributed by atoms with Gasteiger partial charge < -0.3 is 10.2 Å². The molecule has 0 radical (unpaired) electrons. The van der Waals surface area contributed by atoms with Gasteiger partial charge in [0.2, 0.25) is 11.0 Å². The lowest BCUT2D eigenvalue weighted by Crippen LogP contribution is -2.38. The number of carbonyl (C=O) groups is 1. The number of sulfone groups is 1. The highest BCUT2D eigenvalue weighted by atomic mass is 32.2. The van der Waals surface area contributed by atoms with Gasteiger partial charge in [-0.15, -0.1) is 10.2 Å². The molecular formula is C15H18N4O3S3. The van der Waals surface area contributed by atoms with Gasteiger partial charge in [-0.05, 0) is 18.6 Å². The maximum Gasteiger partial charge on any atom is 0.233 e. The fourth-order valence-electron chi connectivity index (χ4n) is 2.47. The van der Waals surface area contributed by atoms with Crippen molar-refractivity contribution in [3.05, 3.63) is 30.3 Å². The van der Waals surface area contributed by atoms with E-state index in [-0.39, 0.29) is 29.2 Å². The third-order valence-electron chi connectivity index (χ3n) is 3.90. The van der Waals surface area contributed by atoms with Gasteiger partial charge in [0.05, 0.1) is 17.3 Å². The van der Waals surface area contributed by atoms with Crippen molar-refractivity contribution >= 4 is 49.7 Å². The molecule has 1 aliphatic heterocycles. The Morgan fingerprint density at radius 2 is 2.12 bits per heavy atom. The number of nitrogens with zero attached hydrogens (tertiary/aromatic N) is 3. The summed E-state index contributed by atoms with van der Waals surface area (Å²) in [6.07, 6.45) is 0.513. The summed E-state index contributed by atoms with van der Waals surface area (Å²) in [5, 5.41) is 12.0. The predicted octanol–water partition coefficient (Wildman–Crippen LogP) is 2.02. The van der Waals surface area contributed by atoms with E-state index in [9.17, 15) is 13.2 Å². The first kappa shape index (κ1) is 18.2. The van der Waals surface area contributed by atoms with Crippen LogP contribution in [0.5, 0.6) is 0 Å². The van der Waals surface area contributed by atoms with Crippen molar-refractivity contribution in [3.8, 4) is 0 Å². The maximum absolute atomic E-state index is 12.3. The smallest absolute Gasteiger partial charge is 0.233 e. The summed E-state index contributed by atoms with van der Waals surface area (Å²) in [7, 11) is -1.33. The van der Waals surface area contributed by atoms with Crippen LogP contribution in [0.1, 0.15) is 6.42 Å². The number of rotatable bonds is 6. The summed E-state index contributed by atoms with van der Waals surface area (Å²) < 4.78 is 23.8. The monoisotopic (exact) mass is 398 g/mol. The van der Waals surface area contributed by atoms with Gasteiger partial charge in [0.25, 0.3) is 0 Å². The molecule has 7 nitrogen and oxygen atoms in total. The average Bonchev–Trinajstić information content (AvgIpc) is 3.19. The van der Waals surface area contributed by atoms with Gasteiger partial charge in [0.15, 0.2) is 14.2 Å². The first-order chi connectivity index (χ1) is 11.9. The first-order valence-electron chi connectivity index (χ1n) is 7.67. The molecule has 0 saturated carbocycles. The molecule has 2 heterocycles. The van der Waals surface area contributed by atoms with Gasteiger partial charge in [0.1, 0.15) is 0 Å². The Hall–Kier alpha value is -1.65. The van der Waals surface area contributed by atoms with Crippen LogP contribution in [0.15, 0.2) is 34.7 Å². The van der Waals surface area contributed by atoms with E-state index in [0.29, 0.717) is 15.9 Å². The summed E-state index contributed by atoms with van der Waals surface area (Å²) in [6, 6.07) is 9.44. The molecule has 0 aliphatic carbocycles. The standard InChI is InChI=1S/C15H18N4O3S3/c1-19(12-7-8-25(21,22)10-12)13(20)9-23-15-18-17-14(24-15)16-11-5-3-2-4-6-11/h2-6,12H,7-10H2,1H3,(H,16,17)/t12-/m1/s1. The number of thioether (sulfide) groups is 1. The Bertz CT molecular complexity index is 839. The van der Waals surface area contributed by atoms with E-state index in [4.69, 9.17) is 0 Å². The Labute approximate surface area is 154 Å².